The third-order valence-electron chi connectivity index (χ3n) is 4.70. The van der Waals surface area contributed by atoms with Crippen molar-refractivity contribution in [3.8, 4) is 10.9 Å². The van der Waals surface area contributed by atoms with Crippen LogP contribution in [0.4, 0.5) is 10.5 Å². The van der Waals surface area contributed by atoms with Gasteiger partial charge in [0.2, 0.25) is 0 Å². The number of carbonyl (C=O) groups excluding carboxylic acids is 1. The van der Waals surface area contributed by atoms with Gasteiger partial charge in [-0.1, -0.05) is 41.1 Å². The zero-order chi connectivity index (χ0) is 19.5. The number of ether oxygens (including phenoxy) is 2. The summed E-state index contributed by atoms with van der Waals surface area (Å²) in [5.74, 6) is 0.642. The van der Waals surface area contributed by atoms with Crippen LogP contribution < -0.4 is 14.8 Å². The summed E-state index contributed by atoms with van der Waals surface area (Å²) in [6.45, 7) is 1.24. The fraction of sp³-hybridized carbons (Fsp3) is 0.300. The van der Waals surface area contributed by atoms with Crippen molar-refractivity contribution < 1.29 is 14.3 Å². The Morgan fingerprint density at radius 2 is 2.00 bits per heavy atom. The summed E-state index contributed by atoms with van der Waals surface area (Å²) in [5, 5.41) is 4.17. The Balaban J connectivity index is 1.33. The number of nitrogens with one attached hydrogen (secondary N) is 1. The molecular weight excluding hydrogens is 398 g/mol. The number of urea groups is 1. The Morgan fingerprint density at radius 1 is 1.21 bits per heavy atom. The van der Waals surface area contributed by atoms with Crippen molar-refractivity contribution in [2.45, 2.75) is 18.9 Å². The second kappa shape index (κ2) is 8.24. The molecule has 1 aliphatic rings. The molecule has 2 aromatic carbocycles. The lowest BCUT2D eigenvalue weighted by atomic mass is 10.1. The molecule has 1 fully saturated rings. The van der Waals surface area contributed by atoms with E-state index in [1.807, 2.05) is 42.5 Å². The Morgan fingerprint density at radius 3 is 2.75 bits per heavy atom. The maximum atomic E-state index is 12.5. The van der Waals surface area contributed by atoms with Crippen LogP contribution in [-0.2, 0) is 0 Å². The fourth-order valence-electron chi connectivity index (χ4n) is 3.21. The molecule has 1 aromatic heterocycles. The van der Waals surface area contributed by atoms with Gasteiger partial charge < -0.3 is 19.7 Å². The molecule has 1 N–H and O–H groups in total. The van der Waals surface area contributed by atoms with E-state index in [0.29, 0.717) is 34.7 Å². The van der Waals surface area contributed by atoms with Gasteiger partial charge in [-0.15, -0.1) is 0 Å². The van der Waals surface area contributed by atoms with Crippen molar-refractivity contribution in [3.63, 3.8) is 0 Å². The van der Waals surface area contributed by atoms with Crippen LogP contribution in [0.1, 0.15) is 12.8 Å². The van der Waals surface area contributed by atoms with Gasteiger partial charge in [0, 0.05) is 25.9 Å². The van der Waals surface area contributed by atoms with Gasteiger partial charge in [-0.25, -0.2) is 9.78 Å². The number of thiazole rings is 1. The van der Waals surface area contributed by atoms with Crippen LogP contribution in [0.3, 0.4) is 0 Å². The van der Waals surface area contributed by atoms with Crippen molar-refractivity contribution >= 4 is 44.9 Å². The molecule has 0 unspecified atom stereocenters. The number of likely N-dealkylation sites (tertiary alicyclic amines) is 1. The predicted octanol–water partition coefficient (Wildman–Crippen LogP) is 5.03. The number of halogens is 1. The first-order valence-corrected chi connectivity index (χ1v) is 10.2. The SMILES string of the molecule is COc1ccccc1NC(=O)N1CCC(Oc2nc3c(Cl)cccc3s2)CC1. The number of nitrogens with zero attached hydrogens (tertiary/aromatic N) is 2. The third-order valence-corrected chi connectivity index (χ3v) is 5.91. The summed E-state index contributed by atoms with van der Waals surface area (Å²) >= 11 is 7.68. The van der Waals surface area contributed by atoms with Crippen molar-refractivity contribution in [2.24, 2.45) is 0 Å². The number of benzene rings is 2. The van der Waals surface area contributed by atoms with E-state index in [2.05, 4.69) is 10.3 Å². The number of anilines is 1. The quantitative estimate of drug-likeness (QED) is 0.646. The fourth-order valence-corrected chi connectivity index (χ4v) is 4.39. The van der Waals surface area contributed by atoms with E-state index in [1.165, 1.54) is 11.3 Å². The van der Waals surface area contributed by atoms with E-state index < -0.39 is 0 Å². The van der Waals surface area contributed by atoms with Crippen LogP contribution in [-0.4, -0.2) is 42.2 Å². The Labute approximate surface area is 172 Å². The van der Waals surface area contributed by atoms with E-state index in [9.17, 15) is 4.79 Å². The molecule has 0 spiro atoms. The first-order valence-electron chi connectivity index (χ1n) is 9.04. The topological polar surface area (TPSA) is 63.7 Å². The minimum absolute atomic E-state index is 0.0367. The number of rotatable bonds is 4. The molecule has 0 atom stereocenters. The van der Waals surface area contributed by atoms with E-state index in [4.69, 9.17) is 21.1 Å². The molecular formula is C20H20ClN3O3S. The zero-order valence-electron chi connectivity index (χ0n) is 15.4. The van der Waals surface area contributed by atoms with E-state index >= 15 is 0 Å². The highest BCUT2D eigenvalue weighted by Crippen LogP contribution is 2.33. The smallest absolute Gasteiger partial charge is 0.321 e. The van der Waals surface area contributed by atoms with Gasteiger partial charge >= 0.3 is 6.03 Å². The highest BCUT2D eigenvalue weighted by molar-refractivity contribution is 7.20. The molecule has 2 amide bonds. The van der Waals surface area contributed by atoms with Crippen LogP contribution in [0.25, 0.3) is 10.2 Å². The van der Waals surface area contributed by atoms with Gasteiger partial charge in [0.05, 0.1) is 22.5 Å². The number of fused-ring (bicyclic) bond motifs is 1. The number of methoxy groups -OCH3 is 1. The molecule has 1 aliphatic heterocycles. The largest absolute Gasteiger partial charge is 0.495 e. The second-order valence-corrected chi connectivity index (χ2v) is 7.90. The molecule has 4 rings (SSSR count). The number of hydrogen-bond acceptors (Lipinski definition) is 5. The zero-order valence-corrected chi connectivity index (χ0v) is 16.9. The molecule has 0 saturated carbocycles. The number of hydrogen-bond donors (Lipinski definition) is 1. The first-order chi connectivity index (χ1) is 13.6. The average Bonchev–Trinajstić information content (AvgIpc) is 3.13. The lowest BCUT2D eigenvalue weighted by Crippen LogP contribution is -2.43. The summed E-state index contributed by atoms with van der Waals surface area (Å²) in [7, 11) is 1.59. The minimum Gasteiger partial charge on any atom is -0.495 e. The molecule has 28 heavy (non-hydrogen) atoms. The molecule has 0 aliphatic carbocycles. The standard InChI is InChI=1S/C20H20ClN3O3S/c1-26-16-7-3-2-6-15(16)22-19(25)24-11-9-13(10-12-24)27-20-23-18-14(21)5-4-8-17(18)28-20/h2-8,13H,9-12H2,1H3,(H,22,25). The van der Waals surface area contributed by atoms with Gasteiger partial charge in [-0.3, -0.25) is 0 Å². The molecule has 1 saturated heterocycles. The number of amides is 2. The van der Waals surface area contributed by atoms with E-state index in [1.54, 1.807) is 12.0 Å². The van der Waals surface area contributed by atoms with Crippen LogP contribution >= 0.6 is 22.9 Å². The van der Waals surface area contributed by atoms with E-state index in [0.717, 1.165) is 23.1 Å². The number of para-hydroxylation sites is 3. The van der Waals surface area contributed by atoms with Gasteiger partial charge in [0.15, 0.2) is 0 Å². The summed E-state index contributed by atoms with van der Waals surface area (Å²) in [6, 6.07) is 13.0. The number of aromatic nitrogens is 1. The van der Waals surface area contributed by atoms with Crippen molar-refractivity contribution in [3.05, 3.63) is 47.5 Å². The molecule has 3 aromatic rings. The lowest BCUT2D eigenvalue weighted by molar-refractivity contribution is 0.115. The van der Waals surface area contributed by atoms with Gasteiger partial charge in [0.25, 0.3) is 5.19 Å². The summed E-state index contributed by atoms with van der Waals surface area (Å²) < 4.78 is 12.3. The van der Waals surface area contributed by atoms with Crippen molar-refractivity contribution in [1.82, 2.24) is 9.88 Å². The number of carbonyl (C=O) groups is 1. The third kappa shape index (κ3) is 4.00. The molecule has 2 heterocycles. The maximum Gasteiger partial charge on any atom is 0.321 e. The monoisotopic (exact) mass is 417 g/mol. The summed E-state index contributed by atoms with van der Waals surface area (Å²) in [6.07, 6.45) is 1.54. The van der Waals surface area contributed by atoms with Gasteiger partial charge in [-0.2, -0.15) is 0 Å². The Kier molecular flexibility index (Phi) is 5.54. The minimum atomic E-state index is -0.130. The van der Waals surface area contributed by atoms with Crippen LogP contribution in [0.2, 0.25) is 5.02 Å². The summed E-state index contributed by atoms with van der Waals surface area (Å²) in [4.78, 5) is 18.8. The number of piperidine rings is 1. The van der Waals surface area contributed by atoms with Gasteiger partial charge in [-0.05, 0) is 24.3 Å². The van der Waals surface area contributed by atoms with E-state index in [-0.39, 0.29) is 12.1 Å². The summed E-state index contributed by atoms with van der Waals surface area (Å²) in [5.41, 5.74) is 1.44. The normalized spacial score (nSPS) is 14.9. The first kappa shape index (κ1) is 18.8. The van der Waals surface area contributed by atoms with Crippen LogP contribution in [0.15, 0.2) is 42.5 Å². The average molecular weight is 418 g/mol. The molecule has 146 valence electrons. The molecule has 0 radical (unpaired) electrons. The molecule has 6 nitrogen and oxygen atoms in total. The molecule has 8 heteroatoms. The van der Waals surface area contributed by atoms with Gasteiger partial charge in [0.1, 0.15) is 17.4 Å². The van der Waals surface area contributed by atoms with Crippen LogP contribution in [0, 0.1) is 0 Å². The highest BCUT2D eigenvalue weighted by Gasteiger charge is 2.25. The highest BCUT2D eigenvalue weighted by atomic mass is 35.5. The second-order valence-electron chi connectivity index (χ2n) is 6.50. The lowest BCUT2D eigenvalue weighted by Gasteiger charge is -2.31. The Bertz CT molecular complexity index is 986. The molecule has 0 bridgehead atoms. The van der Waals surface area contributed by atoms with Crippen LogP contribution in [0.5, 0.6) is 10.9 Å². The van der Waals surface area contributed by atoms with Crippen molar-refractivity contribution in [2.75, 3.05) is 25.5 Å². The Hall–Kier alpha value is -2.51. The van der Waals surface area contributed by atoms with Crippen molar-refractivity contribution in [1.29, 1.82) is 0 Å². The maximum absolute atomic E-state index is 12.5. The predicted molar refractivity (Wildman–Crippen MR) is 112 cm³/mol.